The zero-order valence-corrected chi connectivity index (χ0v) is 10.9. The van der Waals surface area contributed by atoms with Crippen molar-refractivity contribution in [3.8, 4) is 5.75 Å². The SMILES string of the molecule is Fc1cc(F)c(OCC2CC2)c(C2CCCNC2)c1. The predicted molar refractivity (Wildman–Crippen MR) is 69.4 cm³/mol. The Labute approximate surface area is 112 Å². The monoisotopic (exact) mass is 267 g/mol. The first-order chi connectivity index (χ1) is 9.24. The summed E-state index contributed by atoms with van der Waals surface area (Å²) >= 11 is 0. The zero-order chi connectivity index (χ0) is 13.2. The molecule has 19 heavy (non-hydrogen) atoms. The highest BCUT2D eigenvalue weighted by Gasteiger charge is 2.26. The minimum absolute atomic E-state index is 0.146. The summed E-state index contributed by atoms with van der Waals surface area (Å²) in [6.07, 6.45) is 4.30. The van der Waals surface area contributed by atoms with Crippen LogP contribution < -0.4 is 10.1 Å². The molecule has 2 fully saturated rings. The summed E-state index contributed by atoms with van der Waals surface area (Å²) in [5.41, 5.74) is 0.686. The molecule has 1 aromatic carbocycles. The molecular formula is C15H19F2NO. The van der Waals surface area contributed by atoms with Crippen molar-refractivity contribution in [1.82, 2.24) is 5.32 Å². The second-order valence-electron chi connectivity index (χ2n) is 5.60. The van der Waals surface area contributed by atoms with Crippen molar-refractivity contribution >= 4 is 0 Å². The number of halogens is 2. The Kier molecular flexibility index (Phi) is 3.69. The van der Waals surface area contributed by atoms with Crippen LogP contribution in [0.3, 0.4) is 0 Å². The van der Waals surface area contributed by atoms with Crippen LogP contribution in [0.25, 0.3) is 0 Å². The summed E-state index contributed by atoms with van der Waals surface area (Å²) in [7, 11) is 0. The van der Waals surface area contributed by atoms with Gasteiger partial charge in [-0.2, -0.15) is 0 Å². The van der Waals surface area contributed by atoms with Crippen LogP contribution in [0, 0.1) is 17.6 Å². The lowest BCUT2D eigenvalue weighted by Gasteiger charge is -2.25. The number of nitrogens with one attached hydrogen (secondary N) is 1. The lowest BCUT2D eigenvalue weighted by Crippen LogP contribution is -2.28. The van der Waals surface area contributed by atoms with Crippen molar-refractivity contribution in [1.29, 1.82) is 0 Å². The van der Waals surface area contributed by atoms with E-state index in [1.54, 1.807) is 0 Å². The molecule has 1 aromatic rings. The molecular weight excluding hydrogens is 248 g/mol. The summed E-state index contributed by atoms with van der Waals surface area (Å²) < 4.78 is 33.0. The molecule has 2 aliphatic rings. The van der Waals surface area contributed by atoms with Crippen LogP contribution in [0.5, 0.6) is 5.75 Å². The van der Waals surface area contributed by atoms with Gasteiger partial charge in [-0.05, 0) is 44.2 Å². The Balaban J connectivity index is 1.85. The van der Waals surface area contributed by atoms with Crippen LogP contribution in [0.2, 0.25) is 0 Å². The van der Waals surface area contributed by atoms with Gasteiger partial charge in [0, 0.05) is 24.1 Å². The van der Waals surface area contributed by atoms with Crippen molar-refractivity contribution in [3.63, 3.8) is 0 Å². The molecule has 0 aromatic heterocycles. The summed E-state index contributed by atoms with van der Waals surface area (Å²) in [6.45, 7) is 2.30. The number of benzene rings is 1. The van der Waals surface area contributed by atoms with Crippen molar-refractivity contribution in [2.45, 2.75) is 31.6 Å². The van der Waals surface area contributed by atoms with E-state index < -0.39 is 11.6 Å². The van der Waals surface area contributed by atoms with E-state index in [-0.39, 0.29) is 11.7 Å². The Bertz CT molecular complexity index is 454. The van der Waals surface area contributed by atoms with Crippen LogP contribution in [0.1, 0.15) is 37.2 Å². The molecule has 1 unspecified atom stereocenters. The molecule has 1 heterocycles. The van der Waals surface area contributed by atoms with Gasteiger partial charge in [-0.25, -0.2) is 8.78 Å². The fraction of sp³-hybridized carbons (Fsp3) is 0.600. The first-order valence-corrected chi connectivity index (χ1v) is 7.06. The van der Waals surface area contributed by atoms with E-state index in [4.69, 9.17) is 4.74 Å². The fourth-order valence-corrected chi connectivity index (χ4v) is 2.64. The molecule has 1 N–H and O–H groups in total. The van der Waals surface area contributed by atoms with Crippen LogP contribution >= 0.6 is 0 Å². The molecule has 1 saturated carbocycles. The van der Waals surface area contributed by atoms with E-state index in [1.807, 2.05) is 0 Å². The molecule has 1 aliphatic carbocycles. The number of piperidine rings is 1. The van der Waals surface area contributed by atoms with Crippen molar-refractivity contribution in [2.24, 2.45) is 5.92 Å². The van der Waals surface area contributed by atoms with Gasteiger partial charge in [0.25, 0.3) is 0 Å². The number of hydrogen-bond acceptors (Lipinski definition) is 2. The van der Waals surface area contributed by atoms with Gasteiger partial charge in [-0.3, -0.25) is 0 Å². The maximum absolute atomic E-state index is 14.0. The maximum Gasteiger partial charge on any atom is 0.168 e. The quantitative estimate of drug-likeness (QED) is 0.904. The van der Waals surface area contributed by atoms with Crippen LogP contribution in [0.15, 0.2) is 12.1 Å². The topological polar surface area (TPSA) is 21.3 Å². The van der Waals surface area contributed by atoms with E-state index in [9.17, 15) is 8.78 Å². The Morgan fingerprint density at radius 1 is 1.21 bits per heavy atom. The van der Waals surface area contributed by atoms with E-state index in [1.165, 1.54) is 6.07 Å². The summed E-state index contributed by atoms with van der Waals surface area (Å²) in [6, 6.07) is 2.35. The first kappa shape index (κ1) is 12.9. The van der Waals surface area contributed by atoms with Crippen molar-refractivity contribution in [2.75, 3.05) is 19.7 Å². The van der Waals surface area contributed by atoms with Gasteiger partial charge in [0.1, 0.15) is 5.82 Å². The second kappa shape index (κ2) is 5.45. The molecule has 0 amide bonds. The highest BCUT2D eigenvalue weighted by atomic mass is 19.1. The normalized spacial score (nSPS) is 23.4. The average molecular weight is 267 g/mol. The van der Waals surface area contributed by atoms with E-state index in [0.29, 0.717) is 18.1 Å². The largest absolute Gasteiger partial charge is 0.490 e. The molecule has 1 saturated heterocycles. The smallest absolute Gasteiger partial charge is 0.168 e. The third-order valence-electron chi connectivity index (χ3n) is 3.93. The third kappa shape index (κ3) is 3.06. The zero-order valence-electron chi connectivity index (χ0n) is 10.9. The van der Waals surface area contributed by atoms with Crippen LogP contribution in [-0.2, 0) is 0 Å². The molecule has 1 aliphatic heterocycles. The molecule has 0 radical (unpaired) electrons. The highest BCUT2D eigenvalue weighted by Crippen LogP contribution is 2.36. The molecule has 4 heteroatoms. The van der Waals surface area contributed by atoms with Crippen molar-refractivity contribution < 1.29 is 13.5 Å². The Morgan fingerprint density at radius 2 is 2.05 bits per heavy atom. The standard InChI is InChI=1S/C15H19F2NO/c16-12-6-13(11-2-1-5-18-8-11)15(14(17)7-12)19-9-10-3-4-10/h6-7,10-11,18H,1-5,8-9H2. The van der Waals surface area contributed by atoms with Gasteiger partial charge in [-0.1, -0.05) is 0 Å². The van der Waals surface area contributed by atoms with Crippen molar-refractivity contribution in [3.05, 3.63) is 29.3 Å². The minimum atomic E-state index is -0.568. The van der Waals surface area contributed by atoms with E-state index in [0.717, 1.165) is 44.8 Å². The molecule has 3 rings (SSSR count). The van der Waals surface area contributed by atoms with Crippen LogP contribution in [0.4, 0.5) is 8.78 Å². The second-order valence-corrected chi connectivity index (χ2v) is 5.60. The van der Waals surface area contributed by atoms with Gasteiger partial charge in [-0.15, -0.1) is 0 Å². The van der Waals surface area contributed by atoms with Gasteiger partial charge in [0.15, 0.2) is 11.6 Å². The average Bonchev–Trinajstić information content (AvgIpc) is 3.22. The van der Waals surface area contributed by atoms with Crippen LogP contribution in [-0.4, -0.2) is 19.7 Å². The Morgan fingerprint density at radius 3 is 2.74 bits per heavy atom. The number of hydrogen-bond donors (Lipinski definition) is 1. The summed E-state index contributed by atoms with van der Waals surface area (Å²) in [5.74, 6) is -0.116. The van der Waals surface area contributed by atoms with Gasteiger partial charge >= 0.3 is 0 Å². The number of ether oxygens (including phenoxy) is 1. The number of rotatable bonds is 4. The van der Waals surface area contributed by atoms with Gasteiger partial charge in [0.2, 0.25) is 0 Å². The fourth-order valence-electron chi connectivity index (χ4n) is 2.64. The molecule has 104 valence electrons. The van der Waals surface area contributed by atoms with E-state index in [2.05, 4.69) is 5.32 Å². The lowest BCUT2D eigenvalue weighted by atomic mass is 9.90. The van der Waals surface area contributed by atoms with Gasteiger partial charge < -0.3 is 10.1 Å². The Hall–Kier alpha value is -1.16. The highest BCUT2D eigenvalue weighted by molar-refractivity contribution is 5.39. The minimum Gasteiger partial charge on any atom is -0.490 e. The van der Waals surface area contributed by atoms with E-state index >= 15 is 0 Å². The maximum atomic E-state index is 14.0. The lowest BCUT2D eigenvalue weighted by molar-refractivity contribution is 0.277. The molecule has 2 nitrogen and oxygen atoms in total. The molecule has 1 atom stereocenters. The first-order valence-electron chi connectivity index (χ1n) is 7.06. The van der Waals surface area contributed by atoms with Gasteiger partial charge in [0.05, 0.1) is 6.61 Å². The third-order valence-corrected chi connectivity index (χ3v) is 3.93. The molecule has 0 bridgehead atoms. The summed E-state index contributed by atoms with van der Waals surface area (Å²) in [4.78, 5) is 0. The summed E-state index contributed by atoms with van der Waals surface area (Å²) in [5, 5.41) is 3.28. The molecule has 0 spiro atoms. The predicted octanol–water partition coefficient (Wildman–Crippen LogP) is 3.22.